The van der Waals surface area contributed by atoms with Gasteiger partial charge in [0.1, 0.15) is 11.3 Å². The number of hydrogen-bond donors (Lipinski definition) is 0. The van der Waals surface area contributed by atoms with Crippen molar-refractivity contribution in [3.63, 3.8) is 0 Å². The molecule has 0 aliphatic heterocycles. The quantitative estimate of drug-likeness (QED) is 0.178. The van der Waals surface area contributed by atoms with Gasteiger partial charge in [0.05, 0.1) is 11.4 Å². The molecule has 3 heteroatoms. The minimum atomic E-state index is -0.142. The summed E-state index contributed by atoms with van der Waals surface area (Å²) in [6.07, 6.45) is 0. The molecule has 0 bridgehead atoms. The molecule has 0 atom stereocenters. The molecule has 2 heterocycles. The van der Waals surface area contributed by atoms with Crippen LogP contribution in [0.3, 0.4) is 0 Å². The van der Waals surface area contributed by atoms with Gasteiger partial charge in [-0.15, -0.1) is 0 Å². The molecule has 1 aliphatic rings. The smallest absolute Gasteiger partial charge is 0.160 e. The largest absolute Gasteiger partial charge is 0.456 e. The van der Waals surface area contributed by atoms with Crippen LogP contribution in [-0.2, 0) is 5.41 Å². The molecule has 3 nitrogen and oxygen atoms in total. The highest BCUT2D eigenvalue weighted by Gasteiger charge is 2.37. The number of benzene rings is 8. The van der Waals surface area contributed by atoms with E-state index in [1.165, 1.54) is 44.0 Å². The number of furan rings is 1. The zero-order valence-corrected chi connectivity index (χ0v) is 31.1. The van der Waals surface area contributed by atoms with Crippen molar-refractivity contribution < 1.29 is 4.42 Å². The molecule has 264 valence electrons. The molecule has 10 aromatic rings. The summed E-state index contributed by atoms with van der Waals surface area (Å²) in [6, 6.07) is 64.8. The van der Waals surface area contributed by atoms with Gasteiger partial charge in [0.15, 0.2) is 5.82 Å². The van der Waals surface area contributed by atoms with Gasteiger partial charge in [-0.05, 0) is 97.4 Å². The minimum Gasteiger partial charge on any atom is -0.456 e. The van der Waals surface area contributed by atoms with Crippen LogP contribution in [0.15, 0.2) is 186 Å². The van der Waals surface area contributed by atoms with Crippen molar-refractivity contribution in [2.24, 2.45) is 0 Å². The van der Waals surface area contributed by atoms with E-state index in [0.717, 1.165) is 61.3 Å². The van der Waals surface area contributed by atoms with Gasteiger partial charge in [-0.1, -0.05) is 153 Å². The van der Waals surface area contributed by atoms with Crippen LogP contribution in [-0.4, -0.2) is 9.97 Å². The molecular weight excluding hydrogens is 681 g/mol. The highest BCUT2D eigenvalue weighted by molar-refractivity contribution is 5.99. The van der Waals surface area contributed by atoms with Gasteiger partial charge in [0, 0.05) is 33.1 Å². The lowest BCUT2D eigenvalue weighted by Crippen LogP contribution is -2.14. The highest BCUT2D eigenvalue weighted by atomic mass is 16.3. The second-order valence-electron chi connectivity index (χ2n) is 15.4. The summed E-state index contributed by atoms with van der Waals surface area (Å²) in [5.41, 5.74) is 14.4. The zero-order valence-electron chi connectivity index (χ0n) is 31.1. The zero-order chi connectivity index (χ0) is 37.4. The number of fused-ring (bicyclic) bond motifs is 6. The summed E-state index contributed by atoms with van der Waals surface area (Å²) >= 11 is 0. The average molecular weight is 717 g/mol. The van der Waals surface area contributed by atoms with Crippen LogP contribution < -0.4 is 0 Å². The Hall–Kier alpha value is -7.10. The molecule has 8 aromatic carbocycles. The lowest BCUT2D eigenvalue weighted by Gasteiger charge is -2.22. The predicted octanol–water partition coefficient (Wildman–Crippen LogP) is 14.2. The van der Waals surface area contributed by atoms with E-state index in [4.69, 9.17) is 14.4 Å². The number of para-hydroxylation sites is 1. The summed E-state index contributed by atoms with van der Waals surface area (Å²) < 4.78 is 6.12. The molecule has 0 saturated carbocycles. The molecule has 0 radical (unpaired) electrons. The Kier molecular flexibility index (Phi) is 7.20. The molecule has 56 heavy (non-hydrogen) atoms. The fraction of sp³-hybridized carbons (Fsp3) is 0.0566. The Morgan fingerprint density at radius 1 is 0.393 bits per heavy atom. The Bertz CT molecular complexity index is 3120. The van der Waals surface area contributed by atoms with Crippen molar-refractivity contribution in [3.8, 4) is 67.5 Å². The fourth-order valence-electron chi connectivity index (χ4n) is 8.67. The SMILES string of the molecule is CC1(C)c2cc3ccccc3cc2-c2c(-c3cc(-c4ccc5cc(-c6ccc(-c7cc8ccccc8o7)cc6)ccc5c4)nc(-c4ccccc4)n3)cccc21. The predicted molar refractivity (Wildman–Crippen MR) is 232 cm³/mol. The van der Waals surface area contributed by atoms with Crippen molar-refractivity contribution in [2.45, 2.75) is 19.3 Å². The van der Waals surface area contributed by atoms with Crippen molar-refractivity contribution in [1.82, 2.24) is 9.97 Å². The standard InChI is InChI=1S/C53H36N2O/c1-53(2)45-17-10-16-43(51(45)44-29-36-13-6-7-14-37(36)30-46(44)53)48-32-47(54-52(55-48)35-11-4-3-5-12-35)41-26-25-39-27-38(23-24-40(39)28-41)33-19-21-34(22-20-33)50-31-42-15-8-9-18-49(42)56-50/h3-32H,1-2H3. The third-order valence-electron chi connectivity index (χ3n) is 11.7. The van der Waals surface area contributed by atoms with E-state index in [-0.39, 0.29) is 5.41 Å². The van der Waals surface area contributed by atoms with Gasteiger partial charge in [0.2, 0.25) is 0 Å². The molecule has 2 aromatic heterocycles. The lowest BCUT2D eigenvalue weighted by molar-refractivity contribution is 0.631. The van der Waals surface area contributed by atoms with Gasteiger partial charge < -0.3 is 4.42 Å². The molecule has 0 amide bonds. The first-order valence-corrected chi connectivity index (χ1v) is 19.2. The average Bonchev–Trinajstić information content (AvgIpc) is 3.79. The second-order valence-corrected chi connectivity index (χ2v) is 15.4. The van der Waals surface area contributed by atoms with E-state index in [2.05, 4.69) is 172 Å². The maximum atomic E-state index is 6.12. The Labute approximate surface area is 325 Å². The maximum absolute atomic E-state index is 6.12. The van der Waals surface area contributed by atoms with Gasteiger partial charge in [-0.2, -0.15) is 0 Å². The van der Waals surface area contributed by atoms with E-state index < -0.39 is 0 Å². The van der Waals surface area contributed by atoms with Crippen LogP contribution in [0.1, 0.15) is 25.0 Å². The van der Waals surface area contributed by atoms with E-state index in [0.29, 0.717) is 5.82 Å². The van der Waals surface area contributed by atoms with Gasteiger partial charge in [0.25, 0.3) is 0 Å². The first kappa shape index (κ1) is 32.3. The Morgan fingerprint density at radius 3 is 1.80 bits per heavy atom. The van der Waals surface area contributed by atoms with Crippen LogP contribution >= 0.6 is 0 Å². The molecule has 0 N–H and O–H groups in total. The molecule has 0 unspecified atom stereocenters. The van der Waals surface area contributed by atoms with Crippen molar-refractivity contribution >= 4 is 32.5 Å². The number of rotatable bonds is 5. The van der Waals surface area contributed by atoms with Gasteiger partial charge in [-0.3, -0.25) is 0 Å². The molecule has 11 rings (SSSR count). The third-order valence-corrected chi connectivity index (χ3v) is 11.7. The minimum absolute atomic E-state index is 0.142. The van der Waals surface area contributed by atoms with E-state index in [1.54, 1.807) is 0 Å². The highest BCUT2D eigenvalue weighted by Crippen LogP contribution is 2.53. The monoisotopic (exact) mass is 716 g/mol. The first-order chi connectivity index (χ1) is 27.5. The van der Waals surface area contributed by atoms with Crippen LogP contribution in [0, 0.1) is 0 Å². The summed E-state index contributed by atoms with van der Waals surface area (Å²) in [7, 11) is 0. The van der Waals surface area contributed by atoms with E-state index in [1.807, 2.05) is 24.3 Å². The fourth-order valence-corrected chi connectivity index (χ4v) is 8.67. The molecule has 0 fully saturated rings. The van der Waals surface area contributed by atoms with Gasteiger partial charge >= 0.3 is 0 Å². The normalized spacial score (nSPS) is 13.0. The second kappa shape index (κ2) is 12.5. The third kappa shape index (κ3) is 5.27. The van der Waals surface area contributed by atoms with Crippen LogP contribution in [0.4, 0.5) is 0 Å². The van der Waals surface area contributed by atoms with Crippen LogP contribution in [0.2, 0.25) is 0 Å². The molecular formula is C53H36N2O. The number of aromatic nitrogens is 2. The topological polar surface area (TPSA) is 38.9 Å². The molecule has 0 saturated heterocycles. The number of hydrogen-bond acceptors (Lipinski definition) is 3. The van der Waals surface area contributed by atoms with E-state index in [9.17, 15) is 0 Å². The maximum Gasteiger partial charge on any atom is 0.160 e. The summed E-state index contributed by atoms with van der Waals surface area (Å²) in [5.74, 6) is 1.60. The van der Waals surface area contributed by atoms with Crippen LogP contribution in [0.5, 0.6) is 0 Å². The molecule has 1 aliphatic carbocycles. The number of nitrogens with zero attached hydrogens (tertiary/aromatic N) is 2. The summed E-state index contributed by atoms with van der Waals surface area (Å²) in [4.78, 5) is 10.5. The van der Waals surface area contributed by atoms with Crippen molar-refractivity contribution in [3.05, 3.63) is 193 Å². The lowest BCUT2D eigenvalue weighted by atomic mass is 9.81. The summed E-state index contributed by atoms with van der Waals surface area (Å²) in [5, 5.41) is 5.97. The Balaban J connectivity index is 0.994. The van der Waals surface area contributed by atoms with E-state index >= 15 is 0 Å². The van der Waals surface area contributed by atoms with Gasteiger partial charge in [-0.25, -0.2) is 9.97 Å². The first-order valence-electron chi connectivity index (χ1n) is 19.2. The van der Waals surface area contributed by atoms with Crippen molar-refractivity contribution in [1.29, 1.82) is 0 Å². The van der Waals surface area contributed by atoms with Crippen molar-refractivity contribution in [2.75, 3.05) is 0 Å². The Morgan fingerprint density at radius 2 is 1.02 bits per heavy atom. The molecule has 0 spiro atoms. The summed E-state index contributed by atoms with van der Waals surface area (Å²) in [6.45, 7) is 4.68. The van der Waals surface area contributed by atoms with Crippen LogP contribution in [0.25, 0.3) is 100.0 Å².